The minimum atomic E-state index is -0.338. The molecule has 3 heteroatoms. The lowest BCUT2D eigenvalue weighted by Crippen LogP contribution is -2.35. The number of carbonyl (C=O) groups excluding carboxylic acids is 2. The molecule has 0 radical (unpaired) electrons. The molecule has 3 nitrogen and oxygen atoms in total. The van der Waals surface area contributed by atoms with Crippen LogP contribution in [0.1, 0.15) is 33.6 Å². The van der Waals surface area contributed by atoms with Gasteiger partial charge in [0.15, 0.2) is 5.78 Å². The molecule has 0 heterocycles. The third-order valence-electron chi connectivity index (χ3n) is 3.77. The molecule has 0 amide bonds. The largest absolute Gasteiger partial charge is 0.431 e. The van der Waals surface area contributed by atoms with Crippen molar-refractivity contribution in [3.63, 3.8) is 0 Å². The summed E-state index contributed by atoms with van der Waals surface area (Å²) < 4.78 is 5.13. The van der Waals surface area contributed by atoms with Crippen molar-refractivity contribution in [2.24, 2.45) is 17.3 Å². The molecular formula is C12H16O3. The lowest BCUT2D eigenvalue weighted by molar-refractivity contribution is -0.139. The summed E-state index contributed by atoms with van der Waals surface area (Å²) in [6.07, 6.45) is 3.38. The van der Waals surface area contributed by atoms with Crippen LogP contribution in [0.3, 0.4) is 0 Å². The van der Waals surface area contributed by atoms with E-state index in [1.54, 1.807) is 0 Å². The number of fused-ring (bicyclic) bond motifs is 2. The molecule has 82 valence electrons. The summed E-state index contributed by atoms with van der Waals surface area (Å²) >= 11 is 0. The van der Waals surface area contributed by atoms with Crippen LogP contribution in [0.15, 0.2) is 11.8 Å². The standard InChI is InChI=1S/C12H16O3/c1-7(13)15-11-6-10(14)8-4-5-9(11)12(8,2)3/h6,8-9H,4-5H2,1-3H3. The number of esters is 1. The van der Waals surface area contributed by atoms with Crippen LogP contribution in [0.5, 0.6) is 0 Å². The molecule has 0 saturated heterocycles. The van der Waals surface area contributed by atoms with Gasteiger partial charge < -0.3 is 4.74 Å². The third-order valence-corrected chi connectivity index (χ3v) is 3.77. The highest BCUT2D eigenvalue weighted by atomic mass is 16.5. The Kier molecular flexibility index (Phi) is 2.21. The van der Waals surface area contributed by atoms with Crippen molar-refractivity contribution in [3.05, 3.63) is 11.8 Å². The van der Waals surface area contributed by atoms with Gasteiger partial charge in [-0.15, -0.1) is 0 Å². The summed E-state index contributed by atoms with van der Waals surface area (Å²) in [5.41, 5.74) is -0.0589. The number of ether oxygens (including phenoxy) is 1. The van der Waals surface area contributed by atoms with Crippen LogP contribution >= 0.6 is 0 Å². The van der Waals surface area contributed by atoms with Gasteiger partial charge in [-0.2, -0.15) is 0 Å². The van der Waals surface area contributed by atoms with E-state index in [2.05, 4.69) is 13.8 Å². The van der Waals surface area contributed by atoms with Gasteiger partial charge in [0, 0.05) is 24.8 Å². The van der Waals surface area contributed by atoms with E-state index in [4.69, 9.17) is 4.74 Å². The van der Waals surface area contributed by atoms with Crippen LogP contribution in [-0.4, -0.2) is 11.8 Å². The number of rotatable bonds is 1. The Hall–Kier alpha value is -1.12. The van der Waals surface area contributed by atoms with Gasteiger partial charge in [0.2, 0.25) is 0 Å². The molecule has 15 heavy (non-hydrogen) atoms. The maximum atomic E-state index is 11.8. The van der Waals surface area contributed by atoms with Gasteiger partial charge in [-0.05, 0) is 18.3 Å². The Bertz CT molecular complexity index is 352. The maximum Gasteiger partial charge on any atom is 0.307 e. The monoisotopic (exact) mass is 208 g/mol. The zero-order chi connectivity index (χ0) is 11.2. The van der Waals surface area contributed by atoms with E-state index >= 15 is 0 Å². The van der Waals surface area contributed by atoms with Crippen molar-refractivity contribution >= 4 is 11.8 Å². The first-order chi connectivity index (χ1) is 6.93. The molecule has 2 rings (SSSR count). The molecule has 2 unspecified atom stereocenters. The number of hydrogen-bond acceptors (Lipinski definition) is 3. The van der Waals surface area contributed by atoms with Crippen molar-refractivity contribution in [3.8, 4) is 0 Å². The average Bonchev–Trinajstić information content (AvgIpc) is 2.26. The first-order valence-corrected chi connectivity index (χ1v) is 5.37. The lowest BCUT2D eigenvalue weighted by Gasteiger charge is -2.35. The molecule has 2 aliphatic rings. The molecule has 0 aromatic carbocycles. The van der Waals surface area contributed by atoms with Crippen molar-refractivity contribution in [1.82, 2.24) is 0 Å². The fraction of sp³-hybridized carbons (Fsp3) is 0.667. The maximum absolute atomic E-state index is 11.8. The summed E-state index contributed by atoms with van der Waals surface area (Å²) in [5, 5.41) is 0. The Balaban J connectivity index is 2.34. The summed E-state index contributed by atoms with van der Waals surface area (Å²) in [6.45, 7) is 5.55. The van der Waals surface area contributed by atoms with Crippen molar-refractivity contribution in [2.75, 3.05) is 0 Å². The van der Waals surface area contributed by atoms with E-state index in [0.29, 0.717) is 5.76 Å². The molecule has 2 bridgehead atoms. The number of allylic oxidation sites excluding steroid dienone is 2. The highest BCUT2D eigenvalue weighted by Crippen LogP contribution is 2.53. The highest BCUT2D eigenvalue weighted by Gasteiger charge is 2.51. The minimum Gasteiger partial charge on any atom is -0.431 e. The summed E-state index contributed by atoms with van der Waals surface area (Å²) in [5.74, 6) is 0.692. The summed E-state index contributed by atoms with van der Waals surface area (Å²) in [4.78, 5) is 22.7. The first kappa shape index (κ1) is 10.4. The van der Waals surface area contributed by atoms with Gasteiger partial charge in [-0.1, -0.05) is 13.8 Å². The minimum absolute atomic E-state index is 0.0589. The van der Waals surface area contributed by atoms with E-state index in [0.717, 1.165) is 12.8 Å². The third kappa shape index (κ3) is 1.50. The molecule has 0 aromatic rings. The van der Waals surface area contributed by atoms with Gasteiger partial charge >= 0.3 is 5.97 Å². The van der Waals surface area contributed by atoms with Crippen molar-refractivity contribution < 1.29 is 14.3 Å². The van der Waals surface area contributed by atoms with E-state index in [1.807, 2.05) is 0 Å². The fourth-order valence-electron chi connectivity index (χ4n) is 2.95. The van der Waals surface area contributed by atoms with E-state index in [1.165, 1.54) is 13.0 Å². The molecule has 0 spiro atoms. The van der Waals surface area contributed by atoms with Gasteiger partial charge in [-0.3, -0.25) is 9.59 Å². The fourth-order valence-corrected chi connectivity index (χ4v) is 2.95. The van der Waals surface area contributed by atoms with Crippen LogP contribution in [0.2, 0.25) is 0 Å². The smallest absolute Gasteiger partial charge is 0.307 e. The zero-order valence-corrected chi connectivity index (χ0v) is 9.37. The Labute approximate surface area is 89.5 Å². The van der Waals surface area contributed by atoms with E-state index in [9.17, 15) is 9.59 Å². The van der Waals surface area contributed by atoms with Gasteiger partial charge in [0.1, 0.15) is 5.76 Å². The van der Waals surface area contributed by atoms with Crippen molar-refractivity contribution in [2.45, 2.75) is 33.6 Å². The molecule has 1 fully saturated rings. The lowest BCUT2D eigenvalue weighted by atomic mass is 9.69. The second kappa shape index (κ2) is 3.19. The molecule has 0 N–H and O–H groups in total. The second-order valence-corrected chi connectivity index (χ2v) is 5.05. The quantitative estimate of drug-likeness (QED) is 0.619. The predicted molar refractivity (Wildman–Crippen MR) is 54.9 cm³/mol. The highest BCUT2D eigenvalue weighted by molar-refractivity contribution is 5.94. The topological polar surface area (TPSA) is 43.4 Å². The van der Waals surface area contributed by atoms with Crippen LogP contribution in [0.4, 0.5) is 0 Å². The van der Waals surface area contributed by atoms with E-state index < -0.39 is 0 Å². The van der Waals surface area contributed by atoms with Gasteiger partial charge in [0.05, 0.1) is 0 Å². The van der Waals surface area contributed by atoms with E-state index in [-0.39, 0.29) is 29.0 Å². The number of carbonyl (C=O) groups is 2. The van der Waals surface area contributed by atoms with Gasteiger partial charge in [-0.25, -0.2) is 0 Å². The molecule has 2 atom stereocenters. The van der Waals surface area contributed by atoms with Crippen LogP contribution in [0.25, 0.3) is 0 Å². The summed E-state index contributed by atoms with van der Waals surface area (Å²) in [6, 6.07) is 0. The molecule has 2 aliphatic carbocycles. The second-order valence-electron chi connectivity index (χ2n) is 5.05. The summed E-state index contributed by atoms with van der Waals surface area (Å²) in [7, 11) is 0. The van der Waals surface area contributed by atoms with Crippen molar-refractivity contribution in [1.29, 1.82) is 0 Å². The SMILES string of the molecule is CC(=O)OC1=CC(=O)C2CCC1C2(C)C. The molecular weight excluding hydrogens is 192 g/mol. The Morgan fingerprint density at radius 2 is 2.00 bits per heavy atom. The molecule has 1 saturated carbocycles. The van der Waals surface area contributed by atoms with Gasteiger partial charge in [0.25, 0.3) is 0 Å². The predicted octanol–water partition coefficient (Wildman–Crippen LogP) is 2.07. The number of ketones is 1. The Morgan fingerprint density at radius 3 is 2.60 bits per heavy atom. The van der Waals surface area contributed by atoms with Crippen LogP contribution in [-0.2, 0) is 14.3 Å². The normalized spacial score (nSPS) is 32.5. The molecule has 0 aromatic heterocycles. The van der Waals surface area contributed by atoms with Crippen LogP contribution < -0.4 is 0 Å². The Morgan fingerprint density at radius 1 is 1.40 bits per heavy atom. The molecule has 0 aliphatic heterocycles. The zero-order valence-electron chi connectivity index (χ0n) is 9.37. The first-order valence-electron chi connectivity index (χ1n) is 5.37. The number of hydrogen-bond donors (Lipinski definition) is 0. The average molecular weight is 208 g/mol. The van der Waals surface area contributed by atoms with Crippen LogP contribution in [0, 0.1) is 17.3 Å².